The molecule has 1 atom stereocenters. The summed E-state index contributed by atoms with van der Waals surface area (Å²) in [5, 5.41) is 12.3. The SMILES string of the molecule is CCC1CN(C)CCCN1c1ccc(C)cc1/C(N)=N/O. The summed E-state index contributed by atoms with van der Waals surface area (Å²) in [5.41, 5.74) is 8.89. The molecule has 5 heteroatoms. The summed E-state index contributed by atoms with van der Waals surface area (Å²) in [6.45, 7) is 7.38. The van der Waals surface area contributed by atoms with E-state index in [1.54, 1.807) is 0 Å². The third-order valence-corrected chi connectivity index (χ3v) is 4.22. The van der Waals surface area contributed by atoms with Crippen molar-refractivity contribution in [2.75, 3.05) is 31.6 Å². The third kappa shape index (κ3) is 3.47. The summed E-state index contributed by atoms with van der Waals surface area (Å²) < 4.78 is 0. The van der Waals surface area contributed by atoms with Gasteiger partial charge >= 0.3 is 0 Å². The maximum atomic E-state index is 9.06. The summed E-state index contributed by atoms with van der Waals surface area (Å²) in [4.78, 5) is 4.79. The number of benzene rings is 1. The van der Waals surface area contributed by atoms with Gasteiger partial charge < -0.3 is 20.7 Å². The van der Waals surface area contributed by atoms with Crippen molar-refractivity contribution in [3.05, 3.63) is 29.3 Å². The lowest BCUT2D eigenvalue weighted by molar-refractivity contribution is 0.318. The van der Waals surface area contributed by atoms with Crippen LogP contribution < -0.4 is 10.6 Å². The number of nitrogens with zero attached hydrogens (tertiary/aromatic N) is 3. The first-order valence-electron chi connectivity index (χ1n) is 7.60. The first-order chi connectivity index (χ1) is 10.1. The molecule has 0 spiro atoms. The van der Waals surface area contributed by atoms with Crippen LogP contribution in [0.25, 0.3) is 0 Å². The van der Waals surface area contributed by atoms with E-state index < -0.39 is 0 Å². The second-order valence-electron chi connectivity index (χ2n) is 5.88. The number of nitrogens with two attached hydrogens (primary N) is 1. The van der Waals surface area contributed by atoms with E-state index >= 15 is 0 Å². The molecule has 2 rings (SSSR count). The summed E-state index contributed by atoms with van der Waals surface area (Å²) >= 11 is 0. The van der Waals surface area contributed by atoms with Gasteiger partial charge in [-0.1, -0.05) is 23.7 Å². The minimum absolute atomic E-state index is 0.182. The van der Waals surface area contributed by atoms with E-state index in [-0.39, 0.29) is 5.84 Å². The van der Waals surface area contributed by atoms with E-state index in [9.17, 15) is 0 Å². The maximum Gasteiger partial charge on any atom is 0.172 e. The molecule has 116 valence electrons. The molecule has 1 fully saturated rings. The van der Waals surface area contributed by atoms with E-state index in [0.29, 0.717) is 6.04 Å². The van der Waals surface area contributed by atoms with Crippen LogP contribution >= 0.6 is 0 Å². The Balaban J connectivity index is 2.43. The van der Waals surface area contributed by atoms with E-state index in [1.165, 1.54) is 0 Å². The monoisotopic (exact) mass is 290 g/mol. The molecule has 1 aromatic rings. The Bertz CT molecular complexity index is 515. The van der Waals surface area contributed by atoms with Gasteiger partial charge in [0.25, 0.3) is 0 Å². The van der Waals surface area contributed by atoms with Crippen LogP contribution in [0.3, 0.4) is 0 Å². The predicted molar refractivity (Wildman–Crippen MR) is 87.2 cm³/mol. The van der Waals surface area contributed by atoms with Crippen molar-refractivity contribution in [2.24, 2.45) is 10.9 Å². The molecule has 1 unspecified atom stereocenters. The van der Waals surface area contributed by atoms with Crippen molar-refractivity contribution in [1.29, 1.82) is 0 Å². The molecule has 21 heavy (non-hydrogen) atoms. The highest BCUT2D eigenvalue weighted by molar-refractivity contribution is 6.02. The molecule has 0 saturated carbocycles. The molecule has 1 saturated heterocycles. The van der Waals surface area contributed by atoms with Crippen LogP contribution in [0.5, 0.6) is 0 Å². The molecule has 0 bridgehead atoms. The highest BCUT2D eigenvalue weighted by Gasteiger charge is 2.24. The van der Waals surface area contributed by atoms with Gasteiger partial charge in [0.05, 0.1) is 0 Å². The van der Waals surface area contributed by atoms with Crippen LogP contribution in [0.2, 0.25) is 0 Å². The third-order valence-electron chi connectivity index (χ3n) is 4.22. The zero-order valence-corrected chi connectivity index (χ0v) is 13.2. The molecule has 0 amide bonds. The molecule has 1 heterocycles. The average molecular weight is 290 g/mol. The van der Waals surface area contributed by atoms with Gasteiger partial charge in [-0.05, 0) is 45.5 Å². The zero-order chi connectivity index (χ0) is 15.4. The molecule has 0 aromatic heterocycles. The molecule has 1 aliphatic rings. The minimum Gasteiger partial charge on any atom is -0.409 e. The van der Waals surface area contributed by atoms with Gasteiger partial charge in [0.15, 0.2) is 5.84 Å². The van der Waals surface area contributed by atoms with E-state index in [2.05, 4.69) is 41.1 Å². The number of amidine groups is 1. The second-order valence-corrected chi connectivity index (χ2v) is 5.88. The van der Waals surface area contributed by atoms with E-state index in [1.807, 2.05) is 13.0 Å². The topological polar surface area (TPSA) is 65.1 Å². The smallest absolute Gasteiger partial charge is 0.172 e. The maximum absolute atomic E-state index is 9.06. The van der Waals surface area contributed by atoms with Crippen molar-refractivity contribution < 1.29 is 5.21 Å². The normalized spacial score (nSPS) is 21.4. The fourth-order valence-corrected chi connectivity index (χ4v) is 3.07. The molecule has 0 aliphatic carbocycles. The van der Waals surface area contributed by atoms with Crippen LogP contribution in [0.15, 0.2) is 23.4 Å². The number of oxime groups is 1. The van der Waals surface area contributed by atoms with Gasteiger partial charge in [-0.25, -0.2) is 0 Å². The first-order valence-corrected chi connectivity index (χ1v) is 7.60. The Hall–Kier alpha value is -1.75. The van der Waals surface area contributed by atoms with Crippen molar-refractivity contribution in [3.8, 4) is 0 Å². The van der Waals surface area contributed by atoms with Crippen molar-refractivity contribution in [3.63, 3.8) is 0 Å². The fourth-order valence-electron chi connectivity index (χ4n) is 3.07. The molecule has 1 aromatic carbocycles. The number of likely N-dealkylation sites (N-methyl/N-ethyl adjacent to an activating group) is 1. The van der Waals surface area contributed by atoms with Gasteiger partial charge in [-0.2, -0.15) is 0 Å². The Kier molecular flexibility index (Phi) is 5.07. The van der Waals surface area contributed by atoms with Gasteiger partial charge in [0.1, 0.15) is 0 Å². The van der Waals surface area contributed by atoms with Crippen LogP contribution in [-0.2, 0) is 0 Å². The van der Waals surface area contributed by atoms with Gasteiger partial charge in [-0.15, -0.1) is 0 Å². The van der Waals surface area contributed by atoms with Gasteiger partial charge in [-0.3, -0.25) is 0 Å². The molecule has 5 nitrogen and oxygen atoms in total. The lowest BCUT2D eigenvalue weighted by atomic mass is 10.0. The average Bonchev–Trinajstić information content (AvgIpc) is 2.67. The van der Waals surface area contributed by atoms with Crippen LogP contribution in [0, 0.1) is 6.92 Å². The summed E-state index contributed by atoms with van der Waals surface area (Å²) in [6, 6.07) is 6.62. The highest BCUT2D eigenvalue weighted by atomic mass is 16.4. The summed E-state index contributed by atoms with van der Waals surface area (Å²) in [7, 11) is 2.17. The number of hydrogen-bond donors (Lipinski definition) is 2. The van der Waals surface area contributed by atoms with Crippen LogP contribution in [0.4, 0.5) is 5.69 Å². The first kappa shape index (κ1) is 15.6. The number of anilines is 1. The van der Waals surface area contributed by atoms with E-state index in [4.69, 9.17) is 10.9 Å². The quantitative estimate of drug-likeness (QED) is 0.387. The fraction of sp³-hybridized carbons (Fsp3) is 0.562. The Morgan fingerprint density at radius 3 is 2.86 bits per heavy atom. The Labute approximate surface area is 127 Å². The predicted octanol–water partition coefficient (Wildman–Crippen LogP) is 2.01. The zero-order valence-electron chi connectivity index (χ0n) is 13.2. The molecular weight excluding hydrogens is 264 g/mol. The number of aryl methyl sites for hydroxylation is 1. The van der Waals surface area contributed by atoms with Crippen molar-refractivity contribution >= 4 is 11.5 Å². The molecule has 1 aliphatic heterocycles. The Morgan fingerprint density at radius 1 is 1.43 bits per heavy atom. The molecule has 3 N–H and O–H groups in total. The Morgan fingerprint density at radius 2 is 2.19 bits per heavy atom. The number of rotatable bonds is 3. The van der Waals surface area contributed by atoms with E-state index in [0.717, 1.165) is 49.3 Å². The van der Waals surface area contributed by atoms with Gasteiger partial charge in [0, 0.05) is 30.4 Å². The lowest BCUT2D eigenvalue weighted by Crippen LogP contribution is -2.40. The standard InChI is InChI=1S/C16H26N4O/c1-4-13-11-19(3)8-5-9-20(13)15-7-6-12(2)10-14(15)16(17)18-21/h6-7,10,13,21H,4-5,8-9,11H2,1-3H3,(H2,17,18). The highest BCUT2D eigenvalue weighted by Crippen LogP contribution is 2.27. The summed E-state index contributed by atoms with van der Waals surface area (Å²) in [5.74, 6) is 0.182. The van der Waals surface area contributed by atoms with Crippen molar-refractivity contribution in [1.82, 2.24) is 4.90 Å². The molecular formula is C16H26N4O. The van der Waals surface area contributed by atoms with Crippen molar-refractivity contribution in [2.45, 2.75) is 32.7 Å². The minimum atomic E-state index is 0.182. The van der Waals surface area contributed by atoms with Crippen LogP contribution in [0.1, 0.15) is 30.9 Å². The summed E-state index contributed by atoms with van der Waals surface area (Å²) in [6.07, 6.45) is 2.20. The lowest BCUT2D eigenvalue weighted by Gasteiger charge is -2.33. The van der Waals surface area contributed by atoms with Crippen LogP contribution in [-0.4, -0.2) is 48.7 Å². The second kappa shape index (κ2) is 6.80. The number of hydrogen-bond acceptors (Lipinski definition) is 4. The molecule has 0 radical (unpaired) electrons. The van der Waals surface area contributed by atoms with Gasteiger partial charge in [0.2, 0.25) is 0 Å². The largest absolute Gasteiger partial charge is 0.409 e.